The molecule has 2 aromatic carbocycles. The van der Waals surface area contributed by atoms with Gasteiger partial charge in [0.05, 0.1) is 50.3 Å². The van der Waals surface area contributed by atoms with Crippen LogP contribution in [-0.2, 0) is 19.6 Å². The lowest BCUT2D eigenvalue weighted by Crippen LogP contribution is -3.19. The second kappa shape index (κ2) is 8.17. The van der Waals surface area contributed by atoms with E-state index in [1.807, 2.05) is 0 Å². The normalized spacial score (nSPS) is 21.2. The minimum absolute atomic E-state index is 0.109. The predicted molar refractivity (Wildman–Crippen MR) is 110 cm³/mol. The van der Waals surface area contributed by atoms with Crippen molar-refractivity contribution in [3.8, 4) is 5.75 Å². The number of amides is 2. The Bertz CT molecular complexity index is 1050. The predicted octanol–water partition coefficient (Wildman–Crippen LogP) is -0.0835. The van der Waals surface area contributed by atoms with Gasteiger partial charge in [0.25, 0.3) is 5.91 Å². The van der Waals surface area contributed by atoms with E-state index in [-0.39, 0.29) is 23.1 Å². The average Bonchev–Trinajstić information content (AvgIpc) is 3.08. The van der Waals surface area contributed by atoms with Gasteiger partial charge in [0.15, 0.2) is 6.04 Å². The van der Waals surface area contributed by atoms with Crippen molar-refractivity contribution in [1.29, 1.82) is 0 Å². The summed E-state index contributed by atoms with van der Waals surface area (Å²) < 4.78 is 32.4. The van der Waals surface area contributed by atoms with Crippen molar-refractivity contribution in [2.45, 2.75) is 17.4 Å². The van der Waals surface area contributed by atoms with Gasteiger partial charge in [0, 0.05) is 0 Å². The van der Waals surface area contributed by atoms with Crippen molar-refractivity contribution < 1.29 is 27.6 Å². The maximum Gasteiger partial charge on any atom is 0.292 e. The van der Waals surface area contributed by atoms with Crippen LogP contribution >= 0.6 is 0 Å². The first kappa shape index (κ1) is 20.5. The van der Waals surface area contributed by atoms with Gasteiger partial charge in [0.2, 0.25) is 15.9 Å². The number of nitrogens with zero attached hydrogens (tertiary/aromatic N) is 2. The first-order chi connectivity index (χ1) is 14.4. The second-order valence-corrected chi connectivity index (χ2v) is 9.31. The molecule has 2 heterocycles. The zero-order valence-corrected chi connectivity index (χ0v) is 17.5. The Hall–Kier alpha value is -2.75. The number of piperazine rings is 1. The summed E-state index contributed by atoms with van der Waals surface area (Å²) in [5.74, 6) is -0.0613. The lowest BCUT2D eigenvalue weighted by atomic mass is 10.2. The molecule has 1 N–H and O–H groups in total. The van der Waals surface area contributed by atoms with E-state index in [4.69, 9.17) is 4.74 Å². The zero-order chi connectivity index (χ0) is 21.3. The first-order valence-electron chi connectivity index (χ1n) is 9.83. The molecule has 1 unspecified atom stereocenters. The quantitative estimate of drug-likeness (QED) is 0.671. The topological polar surface area (TPSA) is 88.4 Å². The number of sulfonamides is 1. The van der Waals surface area contributed by atoms with Crippen molar-refractivity contribution in [2.24, 2.45) is 0 Å². The maximum atomic E-state index is 13.1. The number of imide groups is 1. The highest BCUT2D eigenvalue weighted by Gasteiger charge is 2.47. The van der Waals surface area contributed by atoms with Crippen LogP contribution in [-0.4, -0.2) is 63.9 Å². The maximum absolute atomic E-state index is 13.1. The number of benzene rings is 2. The van der Waals surface area contributed by atoms with Crippen LogP contribution in [0.25, 0.3) is 0 Å². The molecule has 9 heteroatoms. The fraction of sp³-hybridized carbons (Fsp3) is 0.333. The Balaban J connectivity index is 1.47. The number of ether oxygens (including phenoxy) is 1. The van der Waals surface area contributed by atoms with E-state index in [1.165, 1.54) is 16.3 Å². The summed E-state index contributed by atoms with van der Waals surface area (Å²) in [6.45, 7) is 1.55. The van der Waals surface area contributed by atoms with E-state index in [0.29, 0.717) is 37.6 Å². The molecule has 158 valence electrons. The lowest BCUT2D eigenvalue weighted by Gasteiger charge is -2.33. The van der Waals surface area contributed by atoms with E-state index in [0.717, 1.165) is 4.90 Å². The molecule has 2 aliphatic heterocycles. The van der Waals surface area contributed by atoms with Gasteiger partial charge in [0.1, 0.15) is 5.75 Å². The Morgan fingerprint density at radius 1 is 0.967 bits per heavy atom. The molecule has 4 rings (SSSR count). The number of carbonyl (C=O) groups excluding carboxylic acids is 2. The van der Waals surface area contributed by atoms with Gasteiger partial charge in [-0.25, -0.2) is 13.3 Å². The van der Waals surface area contributed by atoms with Crippen LogP contribution in [0.1, 0.15) is 6.42 Å². The summed E-state index contributed by atoms with van der Waals surface area (Å²) in [6.07, 6.45) is 0.109. The average molecular weight is 431 g/mol. The molecule has 2 aromatic rings. The molecule has 8 nitrogen and oxygen atoms in total. The van der Waals surface area contributed by atoms with Crippen molar-refractivity contribution >= 4 is 27.5 Å². The largest absolute Gasteiger partial charge is 0.495 e. The van der Waals surface area contributed by atoms with Crippen LogP contribution in [0.2, 0.25) is 0 Å². The molecule has 2 amide bonds. The Labute approximate surface area is 175 Å². The van der Waals surface area contributed by atoms with Crippen LogP contribution in [0.5, 0.6) is 5.75 Å². The number of anilines is 1. The molecular formula is C21H24N3O5S+. The molecule has 0 bridgehead atoms. The molecular weight excluding hydrogens is 406 g/mol. The van der Waals surface area contributed by atoms with Gasteiger partial charge < -0.3 is 9.64 Å². The van der Waals surface area contributed by atoms with Crippen molar-refractivity contribution in [2.75, 3.05) is 38.2 Å². The molecule has 2 saturated heterocycles. The number of para-hydroxylation sites is 2. The van der Waals surface area contributed by atoms with Gasteiger partial charge in [-0.15, -0.1) is 0 Å². The van der Waals surface area contributed by atoms with Crippen LogP contribution < -0.4 is 14.5 Å². The number of quaternary nitrogens is 1. The number of rotatable bonds is 5. The third-order valence-electron chi connectivity index (χ3n) is 5.71. The number of carbonyl (C=O) groups is 2. The van der Waals surface area contributed by atoms with E-state index >= 15 is 0 Å². The molecule has 2 fully saturated rings. The number of hydrogen-bond acceptors (Lipinski definition) is 5. The highest BCUT2D eigenvalue weighted by atomic mass is 32.2. The third kappa shape index (κ3) is 3.60. The molecule has 30 heavy (non-hydrogen) atoms. The number of hydrogen-bond donors (Lipinski definition) is 1. The fourth-order valence-electron chi connectivity index (χ4n) is 4.12. The van der Waals surface area contributed by atoms with Crippen LogP contribution in [0, 0.1) is 0 Å². The number of nitrogens with one attached hydrogen (secondary N) is 1. The summed E-state index contributed by atoms with van der Waals surface area (Å²) in [6, 6.07) is 14.8. The first-order valence-corrected chi connectivity index (χ1v) is 11.3. The lowest BCUT2D eigenvalue weighted by molar-refractivity contribution is -0.918. The minimum atomic E-state index is -3.55. The highest BCUT2D eigenvalue weighted by Crippen LogP contribution is 2.31. The smallest absolute Gasteiger partial charge is 0.292 e. The van der Waals surface area contributed by atoms with Crippen LogP contribution in [0.3, 0.4) is 0 Å². The van der Waals surface area contributed by atoms with Gasteiger partial charge >= 0.3 is 0 Å². The van der Waals surface area contributed by atoms with Crippen molar-refractivity contribution in [3.05, 3.63) is 54.6 Å². The molecule has 2 aliphatic rings. The van der Waals surface area contributed by atoms with Gasteiger partial charge in [-0.2, -0.15) is 4.31 Å². The van der Waals surface area contributed by atoms with Crippen LogP contribution in [0.4, 0.5) is 5.69 Å². The fourth-order valence-corrected chi connectivity index (χ4v) is 5.58. The Kier molecular flexibility index (Phi) is 5.59. The van der Waals surface area contributed by atoms with Crippen LogP contribution in [0.15, 0.2) is 59.5 Å². The second-order valence-electron chi connectivity index (χ2n) is 7.37. The third-order valence-corrected chi connectivity index (χ3v) is 7.62. The van der Waals surface area contributed by atoms with Gasteiger partial charge in [-0.1, -0.05) is 30.3 Å². The SMILES string of the molecule is COc1ccccc1N1C(=O)CC([NH+]2CCN(S(=O)(=O)c3ccccc3)CC2)C1=O. The molecule has 1 atom stereocenters. The van der Waals surface area contributed by atoms with E-state index < -0.39 is 16.1 Å². The monoisotopic (exact) mass is 430 g/mol. The molecule has 0 saturated carbocycles. The van der Waals surface area contributed by atoms with E-state index in [9.17, 15) is 18.0 Å². The summed E-state index contributed by atoms with van der Waals surface area (Å²) in [7, 11) is -2.06. The molecule has 0 aromatic heterocycles. The molecule has 0 aliphatic carbocycles. The van der Waals surface area contributed by atoms with Gasteiger partial charge in [-0.05, 0) is 24.3 Å². The Morgan fingerprint density at radius 2 is 1.60 bits per heavy atom. The van der Waals surface area contributed by atoms with Crippen molar-refractivity contribution in [3.63, 3.8) is 0 Å². The summed E-state index contributed by atoms with van der Waals surface area (Å²) in [5, 5.41) is 0. The Morgan fingerprint density at radius 3 is 2.27 bits per heavy atom. The highest BCUT2D eigenvalue weighted by molar-refractivity contribution is 7.89. The minimum Gasteiger partial charge on any atom is -0.495 e. The van der Waals surface area contributed by atoms with E-state index in [1.54, 1.807) is 54.6 Å². The van der Waals surface area contributed by atoms with Crippen molar-refractivity contribution in [1.82, 2.24) is 4.31 Å². The zero-order valence-electron chi connectivity index (χ0n) is 16.7. The van der Waals surface area contributed by atoms with E-state index in [2.05, 4.69) is 0 Å². The summed E-state index contributed by atoms with van der Waals surface area (Å²) >= 11 is 0. The molecule has 0 spiro atoms. The number of methoxy groups -OCH3 is 1. The summed E-state index contributed by atoms with van der Waals surface area (Å²) in [5.41, 5.74) is 0.446. The standard InChI is InChI=1S/C21H23N3O5S/c1-29-19-10-6-5-9-17(19)24-20(25)15-18(21(24)26)22-11-13-23(14-12-22)30(27,28)16-7-3-2-4-8-16/h2-10,18H,11-15H2,1H3/p+1. The molecule has 0 radical (unpaired) electrons. The van der Waals surface area contributed by atoms with Gasteiger partial charge in [-0.3, -0.25) is 9.59 Å². The summed E-state index contributed by atoms with van der Waals surface area (Å²) in [4.78, 5) is 28.1.